The van der Waals surface area contributed by atoms with Crippen molar-refractivity contribution in [2.45, 2.75) is 38.5 Å². The number of rotatable bonds is 2. The maximum absolute atomic E-state index is 12.5. The smallest absolute Gasteiger partial charge is 0.272 e. The third-order valence-corrected chi connectivity index (χ3v) is 4.27. The Hall–Kier alpha value is -2.24. The first-order valence-corrected chi connectivity index (χ1v) is 7.15. The van der Waals surface area contributed by atoms with Crippen LogP contribution in [0.25, 0.3) is 0 Å². The minimum Gasteiger partial charge on any atom is -0.272 e. The van der Waals surface area contributed by atoms with E-state index in [1.54, 1.807) is 0 Å². The van der Waals surface area contributed by atoms with Crippen LogP contribution >= 0.6 is 0 Å². The number of nitrogens with zero attached hydrogens (tertiary/aromatic N) is 2. The summed E-state index contributed by atoms with van der Waals surface area (Å²) >= 11 is 0. The van der Waals surface area contributed by atoms with E-state index in [1.807, 2.05) is 0 Å². The van der Waals surface area contributed by atoms with E-state index in [-0.39, 0.29) is 17.9 Å². The molecule has 6 heteroatoms. The maximum Gasteiger partial charge on any atom is 0.276 e. The average Bonchev–Trinajstić information content (AvgIpc) is 2.89. The zero-order chi connectivity index (χ0) is 15.1. The SMILES string of the molecule is C=C1CC(=O)N(N2C(=O)C=C(C3CCCCC3)C2=O)C1=O. The highest BCUT2D eigenvalue weighted by Crippen LogP contribution is 2.34. The maximum atomic E-state index is 12.5. The molecule has 0 aromatic carbocycles. The molecule has 21 heavy (non-hydrogen) atoms. The highest BCUT2D eigenvalue weighted by atomic mass is 16.2. The molecule has 3 rings (SSSR count). The molecule has 2 fully saturated rings. The van der Waals surface area contributed by atoms with Crippen LogP contribution in [-0.4, -0.2) is 33.6 Å². The summed E-state index contributed by atoms with van der Waals surface area (Å²) in [4.78, 5) is 48.3. The van der Waals surface area contributed by atoms with Crippen LogP contribution in [-0.2, 0) is 19.2 Å². The van der Waals surface area contributed by atoms with Crippen molar-refractivity contribution in [1.82, 2.24) is 10.0 Å². The molecule has 0 bridgehead atoms. The predicted octanol–water partition coefficient (Wildman–Crippen LogP) is 1.09. The number of hydrazine groups is 1. The number of carbonyl (C=O) groups is 4. The molecule has 0 aromatic heterocycles. The van der Waals surface area contributed by atoms with E-state index in [0.29, 0.717) is 15.6 Å². The molecule has 3 aliphatic rings. The minimum absolute atomic E-state index is 0.0520. The summed E-state index contributed by atoms with van der Waals surface area (Å²) in [5, 5.41) is 1.31. The fraction of sp³-hybridized carbons (Fsp3) is 0.467. The molecule has 1 saturated carbocycles. The summed E-state index contributed by atoms with van der Waals surface area (Å²) in [5.74, 6) is -2.35. The lowest BCUT2D eigenvalue weighted by molar-refractivity contribution is -0.170. The number of carbonyl (C=O) groups excluding carboxylic acids is 4. The largest absolute Gasteiger partial charge is 0.276 e. The molecule has 6 nitrogen and oxygen atoms in total. The Labute approximate surface area is 122 Å². The summed E-state index contributed by atoms with van der Waals surface area (Å²) in [6.07, 6.45) is 6.07. The Morgan fingerprint density at radius 2 is 1.62 bits per heavy atom. The molecule has 1 aliphatic carbocycles. The third kappa shape index (κ3) is 2.11. The molecule has 2 heterocycles. The first-order valence-electron chi connectivity index (χ1n) is 7.15. The lowest BCUT2D eigenvalue weighted by atomic mass is 9.84. The Balaban J connectivity index is 1.85. The topological polar surface area (TPSA) is 74.8 Å². The third-order valence-electron chi connectivity index (χ3n) is 4.27. The van der Waals surface area contributed by atoms with Gasteiger partial charge >= 0.3 is 0 Å². The van der Waals surface area contributed by atoms with Gasteiger partial charge in [-0.1, -0.05) is 25.8 Å². The predicted molar refractivity (Wildman–Crippen MR) is 72.1 cm³/mol. The van der Waals surface area contributed by atoms with Gasteiger partial charge in [-0.05, 0) is 18.8 Å². The lowest BCUT2D eigenvalue weighted by Gasteiger charge is -2.26. The van der Waals surface area contributed by atoms with Crippen molar-refractivity contribution < 1.29 is 19.2 Å². The first-order chi connectivity index (χ1) is 10.0. The second kappa shape index (κ2) is 4.95. The van der Waals surface area contributed by atoms with Gasteiger partial charge in [-0.2, -0.15) is 10.0 Å². The van der Waals surface area contributed by atoms with Crippen LogP contribution in [0, 0.1) is 5.92 Å². The van der Waals surface area contributed by atoms with Crippen LogP contribution in [0.2, 0.25) is 0 Å². The number of imide groups is 2. The van der Waals surface area contributed by atoms with Crippen LogP contribution < -0.4 is 0 Å². The van der Waals surface area contributed by atoms with Gasteiger partial charge in [0.2, 0.25) is 0 Å². The molecule has 4 amide bonds. The fourth-order valence-electron chi connectivity index (χ4n) is 3.17. The monoisotopic (exact) mass is 288 g/mol. The van der Waals surface area contributed by atoms with Crippen LogP contribution in [0.15, 0.2) is 23.8 Å². The summed E-state index contributed by atoms with van der Waals surface area (Å²) < 4.78 is 0. The minimum atomic E-state index is -0.667. The quantitative estimate of drug-likeness (QED) is 0.563. The molecule has 0 spiro atoms. The zero-order valence-corrected chi connectivity index (χ0v) is 11.6. The van der Waals surface area contributed by atoms with Crippen molar-refractivity contribution in [3.63, 3.8) is 0 Å². The Kier molecular flexibility index (Phi) is 3.23. The van der Waals surface area contributed by atoms with Crippen LogP contribution in [0.1, 0.15) is 38.5 Å². The second-order valence-electron chi connectivity index (χ2n) is 5.68. The zero-order valence-electron chi connectivity index (χ0n) is 11.6. The highest BCUT2D eigenvalue weighted by molar-refractivity contribution is 6.22. The molecule has 0 N–H and O–H groups in total. The summed E-state index contributed by atoms with van der Waals surface area (Å²) in [7, 11) is 0. The molecule has 2 aliphatic heterocycles. The lowest BCUT2D eigenvalue weighted by Crippen LogP contribution is -2.50. The van der Waals surface area contributed by atoms with E-state index in [1.165, 1.54) is 6.08 Å². The fourth-order valence-corrected chi connectivity index (χ4v) is 3.17. The summed E-state index contributed by atoms with van der Waals surface area (Å²) in [6.45, 7) is 3.49. The van der Waals surface area contributed by atoms with Crippen LogP contribution in [0.5, 0.6) is 0 Å². The van der Waals surface area contributed by atoms with Gasteiger partial charge in [-0.25, -0.2) is 0 Å². The Morgan fingerprint density at radius 3 is 2.19 bits per heavy atom. The molecule has 110 valence electrons. The van der Waals surface area contributed by atoms with Crippen molar-refractivity contribution >= 4 is 23.6 Å². The average molecular weight is 288 g/mol. The van der Waals surface area contributed by atoms with Gasteiger partial charge in [-0.15, -0.1) is 0 Å². The first kappa shape index (κ1) is 13.7. The van der Waals surface area contributed by atoms with Crippen molar-refractivity contribution in [2.75, 3.05) is 0 Å². The van der Waals surface area contributed by atoms with Gasteiger partial charge in [0.1, 0.15) is 0 Å². The van der Waals surface area contributed by atoms with E-state index in [0.717, 1.165) is 32.1 Å². The Bertz CT molecular complexity index is 599. The molecule has 0 aromatic rings. The standard InChI is InChI=1S/C15H16N2O4/c1-9-7-12(18)16(14(9)20)17-13(19)8-11(15(17)21)10-5-3-2-4-6-10/h8,10H,1-7H2. The van der Waals surface area contributed by atoms with Crippen LogP contribution in [0.3, 0.4) is 0 Å². The van der Waals surface area contributed by atoms with E-state index in [2.05, 4.69) is 6.58 Å². The number of hydrogen-bond acceptors (Lipinski definition) is 4. The number of hydrogen-bond donors (Lipinski definition) is 0. The van der Waals surface area contributed by atoms with Gasteiger partial charge in [0.25, 0.3) is 23.6 Å². The number of amides is 4. The molecular weight excluding hydrogens is 272 g/mol. The van der Waals surface area contributed by atoms with E-state index >= 15 is 0 Å². The van der Waals surface area contributed by atoms with Gasteiger partial charge in [-0.3, -0.25) is 19.2 Å². The van der Waals surface area contributed by atoms with Crippen molar-refractivity contribution in [3.8, 4) is 0 Å². The van der Waals surface area contributed by atoms with Gasteiger partial charge in [0.05, 0.1) is 6.42 Å². The molecule has 1 saturated heterocycles. The normalized spacial score (nSPS) is 24.4. The van der Waals surface area contributed by atoms with Crippen molar-refractivity contribution in [1.29, 1.82) is 0 Å². The van der Waals surface area contributed by atoms with Gasteiger partial charge in [0.15, 0.2) is 0 Å². The van der Waals surface area contributed by atoms with Gasteiger partial charge < -0.3 is 0 Å². The van der Waals surface area contributed by atoms with Crippen LogP contribution in [0.4, 0.5) is 0 Å². The molecule has 0 atom stereocenters. The van der Waals surface area contributed by atoms with E-state index in [4.69, 9.17) is 0 Å². The molecular formula is C15H16N2O4. The second-order valence-corrected chi connectivity index (χ2v) is 5.68. The van der Waals surface area contributed by atoms with E-state index in [9.17, 15) is 19.2 Å². The highest BCUT2D eigenvalue weighted by Gasteiger charge is 2.46. The summed E-state index contributed by atoms with van der Waals surface area (Å²) in [6, 6.07) is 0. The van der Waals surface area contributed by atoms with Crippen molar-refractivity contribution in [2.24, 2.45) is 5.92 Å². The van der Waals surface area contributed by atoms with Gasteiger partial charge in [0, 0.05) is 17.2 Å². The molecule has 0 radical (unpaired) electrons. The summed E-state index contributed by atoms with van der Waals surface area (Å²) in [5.41, 5.74) is 0.532. The Morgan fingerprint density at radius 1 is 0.952 bits per heavy atom. The van der Waals surface area contributed by atoms with Crippen molar-refractivity contribution in [3.05, 3.63) is 23.8 Å². The van der Waals surface area contributed by atoms with E-state index < -0.39 is 23.6 Å². The molecule has 0 unspecified atom stereocenters.